The standard InChI is InChI=1S/C25H17ClN2O8S/c1-35-24(31)15-6-10-18(11-7-15)28-23(30)20(22(29)27-25(28)32)14-16-4-2-3-5-21(16)36-37(33,34)19-12-8-17(26)9-13-19/h2-14H,1H3,(H,27,29,32)/b20-14+. The number of halogens is 1. The summed E-state index contributed by atoms with van der Waals surface area (Å²) in [7, 11) is -3.06. The predicted molar refractivity (Wildman–Crippen MR) is 132 cm³/mol. The van der Waals surface area contributed by atoms with Crippen molar-refractivity contribution in [2.24, 2.45) is 0 Å². The van der Waals surface area contributed by atoms with Crippen LogP contribution in [0.4, 0.5) is 10.5 Å². The van der Waals surface area contributed by atoms with Crippen LogP contribution in [-0.2, 0) is 24.4 Å². The van der Waals surface area contributed by atoms with Crippen LogP contribution >= 0.6 is 11.6 Å². The first-order valence-electron chi connectivity index (χ1n) is 10.5. The van der Waals surface area contributed by atoms with Crippen LogP contribution in [0.1, 0.15) is 15.9 Å². The number of rotatable bonds is 6. The lowest BCUT2D eigenvalue weighted by molar-refractivity contribution is -0.122. The van der Waals surface area contributed by atoms with E-state index in [2.05, 4.69) is 10.1 Å². The monoisotopic (exact) mass is 540 g/mol. The molecule has 37 heavy (non-hydrogen) atoms. The highest BCUT2D eigenvalue weighted by Gasteiger charge is 2.37. The molecule has 0 aliphatic carbocycles. The van der Waals surface area contributed by atoms with Crippen molar-refractivity contribution >= 4 is 57.3 Å². The van der Waals surface area contributed by atoms with Gasteiger partial charge in [0.15, 0.2) is 0 Å². The van der Waals surface area contributed by atoms with Gasteiger partial charge in [-0.25, -0.2) is 14.5 Å². The summed E-state index contributed by atoms with van der Waals surface area (Å²) in [5.41, 5.74) is -0.0789. The van der Waals surface area contributed by atoms with E-state index >= 15 is 0 Å². The van der Waals surface area contributed by atoms with Gasteiger partial charge in [-0.05, 0) is 60.7 Å². The first kappa shape index (κ1) is 25.6. The van der Waals surface area contributed by atoms with Crippen molar-refractivity contribution in [1.29, 1.82) is 0 Å². The summed E-state index contributed by atoms with van der Waals surface area (Å²) in [6.45, 7) is 0. The van der Waals surface area contributed by atoms with Gasteiger partial charge in [0.25, 0.3) is 11.8 Å². The van der Waals surface area contributed by atoms with Crippen molar-refractivity contribution in [3.05, 3.63) is 94.5 Å². The Hall–Kier alpha value is -4.48. The molecule has 0 radical (unpaired) electrons. The summed E-state index contributed by atoms with van der Waals surface area (Å²) in [5, 5.41) is 2.41. The predicted octanol–water partition coefficient (Wildman–Crippen LogP) is 3.56. The highest BCUT2D eigenvalue weighted by Crippen LogP contribution is 2.28. The first-order chi connectivity index (χ1) is 17.6. The Bertz CT molecular complexity index is 1550. The molecule has 4 rings (SSSR count). The number of hydrogen-bond acceptors (Lipinski definition) is 8. The van der Waals surface area contributed by atoms with E-state index in [0.717, 1.165) is 6.08 Å². The molecule has 0 spiro atoms. The van der Waals surface area contributed by atoms with Gasteiger partial charge in [0.2, 0.25) is 0 Å². The van der Waals surface area contributed by atoms with Crippen LogP contribution in [0, 0.1) is 0 Å². The molecule has 0 aromatic heterocycles. The Kier molecular flexibility index (Phi) is 7.09. The molecule has 1 N–H and O–H groups in total. The molecule has 0 atom stereocenters. The lowest BCUT2D eigenvalue weighted by atomic mass is 10.1. The molecule has 12 heteroatoms. The number of nitrogens with one attached hydrogen (secondary N) is 1. The number of imide groups is 2. The van der Waals surface area contributed by atoms with Crippen LogP contribution in [0.2, 0.25) is 5.02 Å². The highest BCUT2D eigenvalue weighted by atomic mass is 35.5. The SMILES string of the molecule is COC(=O)c1ccc(N2C(=O)NC(=O)/C(=C\c3ccccc3OS(=O)(=O)c3ccc(Cl)cc3)C2=O)cc1. The van der Waals surface area contributed by atoms with E-state index in [-0.39, 0.29) is 27.5 Å². The Morgan fingerprint density at radius 2 is 1.59 bits per heavy atom. The fourth-order valence-electron chi connectivity index (χ4n) is 3.36. The fraction of sp³-hybridized carbons (Fsp3) is 0.0400. The second-order valence-electron chi connectivity index (χ2n) is 7.53. The normalized spacial score (nSPS) is 14.9. The number of hydrogen-bond donors (Lipinski definition) is 1. The van der Waals surface area contributed by atoms with Gasteiger partial charge < -0.3 is 8.92 Å². The summed E-state index contributed by atoms with van der Waals surface area (Å²) >= 11 is 5.82. The third-order valence-corrected chi connectivity index (χ3v) is 6.67. The van der Waals surface area contributed by atoms with E-state index in [4.69, 9.17) is 15.8 Å². The van der Waals surface area contributed by atoms with Gasteiger partial charge in [-0.15, -0.1) is 0 Å². The van der Waals surface area contributed by atoms with Crippen LogP contribution in [0.15, 0.2) is 83.3 Å². The molecule has 0 unspecified atom stereocenters. The summed E-state index contributed by atoms with van der Waals surface area (Å²) in [5.74, 6) is -2.71. The summed E-state index contributed by atoms with van der Waals surface area (Å²) < 4.78 is 35.4. The summed E-state index contributed by atoms with van der Waals surface area (Å²) in [4.78, 5) is 50.4. The molecule has 1 saturated heterocycles. The molecule has 188 valence electrons. The van der Waals surface area contributed by atoms with E-state index in [0.29, 0.717) is 9.92 Å². The zero-order valence-corrected chi connectivity index (χ0v) is 20.6. The lowest BCUT2D eigenvalue weighted by Gasteiger charge is -2.26. The molecule has 0 bridgehead atoms. The van der Waals surface area contributed by atoms with Gasteiger partial charge in [0, 0.05) is 10.6 Å². The number of urea groups is 1. The highest BCUT2D eigenvalue weighted by molar-refractivity contribution is 7.87. The van der Waals surface area contributed by atoms with Crippen molar-refractivity contribution in [3.63, 3.8) is 0 Å². The molecule has 1 heterocycles. The van der Waals surface area contributed by atoms with Crippen LogP contribution in [-0.4, -0.2) is 39.3 Å². The third-order valence-electron chi connectivity index (χ3n) is 5.17. The summed E-state index contributed by atoms with van der Waals surface area (Å²) in [6, 6.07) is 15.6. The zero-order chi connectivity index (χ0) is 26.7. The molecule has 1 fully saturated rings. The van der Waals surface area contributed by atoms with E-state index in [9.17, 15) is 27.6 Å². The number of anilines is 1. The second kappa shape index (κ2) is 10.2. The third kappa shape index (κ3) is 5.37. The number of esters is 1. The molecule has 1 aliphatic rings. The number of barbiturate groups is 1. The Labute approximate surface area is 216 Å². The van der Waals surface area contributed by atoms with Crippen LogP contribution in [0.25, 0.3) is 6.08 Å². The van der Waals surface area contributed by atoms with Crippen molar-refractivity contribution < 1.29 is 36.5 Å². The largest absolute Gasteiger partial charge is 0.465 e. The number of nitrogens with zero attached hydrogens (tertiary/aromatic N) is 1. The van der Waals surface area contributed by atoms with Gasteiger partial charge in [-0.2, -0.15) is 8.42 Å². The summed E-state index contributed by atoms with van der Waals surface area (Å²) in [6.07, 6.45) is 1.12. The van der Waals surface area contributed by atoms with Crippen LogP contribution in [0.3, 0.4) is 0 Å². The topological polar surface area (TPSA) is 136 Å². The van der Waals surface area contributed by atoms with Crippen LogP contribution in [0.5, 0.6) is 5.75 Å². The maximum atomic E-state index is 13.2. The number of ether oxygens (including phenoxy) is 1. The van der Waals surface area contributed by atoms with Gasteiger partial charge >= 0.3 is 22.1 Å². The lowest BCUT2D eigenvalue weighted by Crippen LogP contribution is -2.54. The van der Waals surface area contributed by atoms with Crippen molar-refractivity contribution in [2.75, 3.05) is 12.0 Å². The van der Waals surface area contributed by atoms with E-state index in [1.807, 2.05) is 0 Å². The smallest absolute Gasteiger partial charge is 0.339 e. The molecule has 10 nitrogen and oxygen atoms in total. The first-order valence-corrected chi connectivity index (χ1v) is 12.3. The second-order valence-corrected chi connectivity index (χ2v) is 9.51. The molecule has 4 amide bonds. The van der Waals surface area contributed by atoms with E-state index < -0.39 is 39.5 Å². The number of benzene rings is 3. The average Bonchev–Trinajstić information content (AvgIpc) is 2.87. The number of methoxy groups -OCH3 is 1. The molecular formula is C25H17ClN2O8S. The van der Waals surface area contributed by atoms with E-state index in [1.165, 1.54) is 73.8 Å². The van der Waals surface area contributed by atoms with Crippen molar-refractivity contribution in [1.82, 2.24) is 5.32 Å². The fourth-order valence-corrected chi connectivity index (χ4v) is 4.43. The number of amides is 4. The number of para-hydroxylation sites is 1. The van der Waals surface area contributed by atoms with Crippen molar-refractivity contribution in [2.45, 2.75) is 4.90 Å². The van der Waals surface area contributed by atoms with Gasteiger partial charge in [0.05, 0.1) is 18.4 Å². The Balaban J connectivity index is 1.68. The molecule has 0 saturated carbocycles. The quantitative estimate of drug-likeness (QED) is 0.217. The van der Waals surface area contributed by atoms with Gasteiger partial charge in [-0.3, -0.25) is 14.9 Å². The molecular weight excluding hydrogens is 524 g/mol. The maximum absolute atomic E-state index is 13.2. The van der Waals surface area contributed by atoms with Gasteiger partial charge in [-0.1, -0.05) is 29.8 Å². The average molecular weight is 541 g/mol. The number of carbonyl (C=O) groups excluding carboxylic acids is 4. The Morgan fingerprint density at radius 1 is 0.946 bits per heavy atom. The van der Waals surface area contributed by atoms with E-state index in [1.54, 1.807) is 6.07 Å². The number of carbonyl (C=O) groups is 4. The minimum atomic E-state index is -4.27. The van der Waals surface area contributed by atoms with Gasteiger partial charge in [0.1, 0.15) is 16.2 Å². The molecule has 1 aliphatic heterocycles. The maximum Gasteiger partial charge on any atom is 0.339 e. The Morgan fingerprint density at radius 3 is 2.24 bits per heavy atom. The minimum Gasteiger partial charge on any atom is -0.465 e. The molecule has 3 aromatic rings. The van der Waals surface area contributed by atoms with Crippen molar-refractivity contribution in [3.8, 4) is 5.75 Å². The van der Waals surface area contributed by atoms with Crippen LogP contribution < -0.4 is 14.4 Å². The molecule has 3 aromatic carbocycles. The zero-order valence-electron chi connectivity index (χ0n) is 19.0. The minimum absolute atomic E-state index is 0.0865.